The van der Waals surface area contributed by atoms with Crippen molar-refractivity contribution >= 4 is 32.8 Å². The van der Waals surface area contributed by atoms with Gasteiger partial charge >= 0.3 is 0 Å². The molecule has 0 bridgehead atoms. The molecule has 2 aromatic rings. The maximum atomic E-state index is 12.1. The molecule has 1 amide bonds. The highest BCUT2D eigenvalue weighted by atomic mass is 32.2. The number of fused-ring (bicyclic) bond motifs is 2. The Morgan fingerprint density at radius 1 is 1.04 bits per heavy atom. The van der Waals surface area contributed by atoms with Crippen LogP contribution in [0.3, 0.4) is 0 Å². The number of amides is 1. The van der Waals surface area contributed by atoms with E-state index in [2.05, 4.69) is 16.0 Å². The number of hydrogen-bond acceptors (Lipinski definition) is 6. The van der Waals surface area contributed by atoms with Crippen LogP contribution in [-0.2, 0) is 20.0 Å². The molecular formula is C19H21N3O4S. The summed E-state index contributed by atoms with van der Waals surface area (Å²) >= 11 is 0. The van der Waals surface area contributed by atoms with Gasteiger partial charge in [-0.15, -0.1) is 0 Å². The molecule has 142 valence electrons. The first kappa shape index (κ1) is 17.7. The predicted molar refractivity (Wildman–Crippen MR) is 104 cm³/mol. The maximum Gasteiger partial charge on any atom is 0.234 e. The molecule has 0 aliphatic carbocycles. The van der Waals surface area contributed by atoms with Gasteiger partial charge in [-0.2, -0.15) is 0 Å². The summed E-state index contributed by atoms with van der Waals surface area (Å²) in [6, 6.07) is 8.74. The van der Waals surface area contributed by atoms with Gasteiger partial charge in [0, 0.05) is 17.5 Å². The number of anilines is 3. The zero-order valence-corrected chi connectivity index (χ0v) is 16.3. The second-order valence-corrected chi connectivity index (χ2v) is 9.44. The van der Waals surface area contributed by atoms with Crippen molar-refractivity contribution in [3.63, 3.8) is 0 Å². The smallest absolute Gasteiger partial charge is 0.234 e. The highest BCUT2D eigenvalue weighted by Gasteiger charge is 2.40. The van der Waals surface area contributed by atoms with Gasteiger partial charge in [-0.3, -0.25) is 4.79 Å². The number of hydrogen-bond donors (Lipinski definition) is 3. The first-order valence-corrected chi connectivity index (χ1v) is 10.4. The third-order valence-corrected chi connectivity index (χ3v) is 6.30. The minimum atomic E-state index is -3.32. The lowest BCUT2D eigenvalue weighted by Gasteiger charge is -2.17. The number of methoxy groups -OCH3 is 1. The lowest BCUT2D eigenvalue weighted by molar-refractivity contribution is -0.119. The van der Waals surface area contributed by atoms with Crippen molar-refractivity contribution in [3.05, 3.63) is 41.5 Å². The van der Waals surface area contributed by atoms with Gasteiger partial charge in [0.2, 0.25) is 5.91 Å². The fraction of sp³-hybridized carbons (Fsp3) is 0.316. The van der Waals surface area contributed by atoms with E-state index in [-0.39, 0.29) is 17.0 Å². The molecular weight excluding hydrogens is 366 g/mol. The zero-order chi connectivity index (χ0) is 19.6. The first-order valence-electron chi connectivity index (χ1n) is 8.52. The van der Waals surface area contributed by atoms with Gasteiger partial charge < -0.3 is 20.7 Å². The van der Waals surface area contributed by atoms with E-state index in [1.54, 1.807) is 12.1 Å². The normalized spacial score (nSPS) is 19.6. The molecule has 8 heteroatoms. The number of carbonyl (C=O) groups excluding carboxylic acids is 1. The molecule has 0 saturated heterocycles. The van der Waals surface area contributed by atoms with Gasteiger partial charge in [0.15, 0.2) is 9.84 Å². The molecule has 0 spiro atoms. The summed E-state index contributed by atoms with van der Waals surface area (Å²) in [7, 11) is -1.80. The summed E-state index contributed by atoms with van der Waals surface area (Å²) in [4.78, 5) is 12.4. The molecule has 0 aromatic heterocycles. The molecule has 0 fully saturated rings. The molecule has 3 N–H and O–H groups in total. The van der Waals surface area contributed by atoms with E-state index in [0.717, 1.165) is 28.2 Å². The van der Waals surface area contributed by atoms with E-state index in [1.807, 2.05) is 26.0 Å². The Bertz CT molecular complexity index is 1080. The second kappa shape index (κ2) is 5.63. The van der Waals surface area contributed by atoms with Crippen molar-refractivity contribution in [1.29, 1.82) is 0 Å². The zero-order valence-electron chi connectivity index (χ0n) is 15.5. The highest BCUT2D eigenvalue weighted by Crippen LogP contribution is 2.46. The fourth-order valence-corrected chi connectivity index (χ4v) is 4.16. The van der Waals surface area contributed by atoms with Crippen LogP contribution in [0.15, 0.2) is 35.2 Å². The molecule has 0 saturated carbocycles. The SMILES string of the molecule is COc1cc(S(C)(=O)=O)ccc1C1Nc2cc3c(cc2N1)C(C)(C)C(=O)N3. The number of ether oxygens (including phenoxy) is 1. The first-order chi connectivity index (χ1) is 12.6. The summed E-state index contributed by atoms with van der Waals surface area (Å²) in [5, 5.41) is 9.67. The lowest BCUT2D eigenvalue weighted by Crippen LogP contribution is -2.26. The molecule has 2 heterocycles. The monoisotopic (exact) mass is 387 g/mol. The number of sulfone groups is 1. The van der Waals surface area contributed by atoms with Gasteiger partial charge in [-0.05, 0) is 43.7 Å². The van der Waals surface area contributed by atoms with Crippen molar-refractivity contribution < 1.29 is 17.9 Å². The number of benzene rings is 2. The standard InChI is InChI=1S/C19H21N3O4S/c1-19(2)12-8-14-15(9-13(12)22-18(19)23)21-17(20-14)11-6-5-10(27(4,24)25)7-16(11)26-3/h5-9,17,20-21H,1-4H3,(H,22,23). The summed E-state index contributed by atoms with van der Waals surface area (Å²) in [5.74, 6) is 0.465. The van der Waals surface area contributed by atoms with E-state index in [9.17, 15) is 13.2 Å². The molecule has 1 unspecified atom stereocenters. The third kappa shape index (κ3) is 2.71. The van der Waals surface area contributed by atoms with Gasteiger partial charge in [0.1, 0.15) is 11.9 Å². The molecule has 2 aliphatic rings. The maximum absolute atomic E-state index is 12.1. The summed E-state index contributed by atoms with van der Waals surface area (Å²) in [6.07, 6.45) is 0.894. The largest absolute Gasteiger partial charge is 0.496 e. The Morgan fingerprint density at radius 3 is 2.33 bits per heavy atom. The van der Waals surface area contributed by atoms with Crippen molar-refractivity contribution in [2.24, 2.45) is 0 Å². The Morgan fingerprint density at radius 2 is 1.70 bits per heavy atom. The van der Waals surface area contributed by atoms with Gasteiger partial charge in [-0.1, -0.05) is 6.07 Å². The van der Waals surface area contributed by atoms with E-state index in [0.29, 0.717) is 5.75 Å². The molecule has 4 rings (SSSR count). The Hall–Kier alpha value is -2.74. The van der Waals surface area contributed by atoms with Crippen LogP contribution in [0.4, 0.5) is 17.1 Å². The van der Waals surface area contributed by atoms with E-state index in [1.165, 1.54) is 19.4 Å². The fourth-order valence-electron chi connectivity index (χ4n) is 3.52. The number of carbonyl (C=O) groups is 1. The molecule has 2 aliphatic heterocycles. The van der Waals surface area contributed by atoms with Crippen LogP contribution >= 0.6 is 0 Å². The third-order valence-electron chi connectivity index (χ3n) is 5.19. The van der Waals surface area contributed by atoms with E-state index < -0.39 is 15.3 Å². The Balaban J connectivity index is 1.70. The van der Waals surface area contributed by atoms with Crippen LogP contribution in [0.2, 0.25) is 0 Å². The van der Waals surface area contributed by atoms with Crippen molar-refractivity contribution in [1.82, 2.24) is 0 Å². The summed E-state index contributed by atoms with van der Waals surface area (Å²) in [5.41, 5.74) is 3.71. The van der Waals surface area contributed by atoms with Crippen LogP contribution in [0.25, 0.3) is 0 Å². The second-order valence-electron chi connectivity index (χ2n) is 7.42. The Labute approximate surface area is 158 Å². The molecule has 0 radical (unpaired) electrons. The van der Waals surface area contributed by atoms with Gasteiger partial charge in [0.25, 0.3) is 0 Å². The number of rotatable bonds is 3. The molecule has 1 atom stereocenters. The minimum absolute atomic E-state index is 0.0178. The van der Waals surface area contributed by atoms with E-state index in [4.69, 9.17) is 4.74 Å². The van der Waals surface area contributed by atoms with Crippen molar-refractivity contribution in [2.45, 2.75) is 30.3 Å². The number of nitrogens with one attached hydrogen (secondary N) is 3. The van der Waals surface area contributed by atoms with Gasteiger partial charge in [-0.25, -0.2) is 8.42 Å². The average Bonchev–Trinajstić information content (AvgIpc) is 3.10. The van der Waals surface area contributed by atoms with Crippen LogP contribution < -0.4 is 20.7 Å². The van der Waals surface area contributed by atoms with Crippen LogP contribution in [0.1, 0.15) is 31.1 Å². The van der Waals surface area contributed by atoms with Crippen molar-refractivity contribution in [2.75, 3.05) is 29.3 Å². The van der Waals surface area contributed by atoms with Gasteiger partial charge in [0.05, 0.1) is 28.8 Å². The highest BCUT2D eigenvalue weighted by molar-refractivity contribution is 7.90. The lowest BCUT2D eigenvalue weighted by atomic mass is 9.86. The Kier molecular flexibility index (Phi) is 3.68. The molecule has 7 nitrogen and oxygen atoms in total. The molecule has 2 aromatic carbocycles. The van der Waals surface area contributed by atoms with Crippen LogP contribution in [0, 0.1) is 0 Å². The summed E-state index contributed by atoms with van der Waals surface area (Å²) in [6.45, 7) is 3.79. The predicted octanol–water partition coefficient (Wildman–Crippen LogP) is 2.86. The summed E-state index contributed by atoms with van der Waals surface area (Å²) < 4.78 is 29.0. The molecule has 27 heavy (non-hydrogen) atoms. The van der Waals surface area contributed by atoms with Crippen molar-refractivity contribution in [3.8, 4) is 5.75 Å². The average molecular weight is 387 g/mol. The van der Waals surface area contributed by atoms with E-state index >= 15 is 0 Å². The van der Waals surface area contributed by atoms with Crippen LogP contribution in [0.5, 0.6) is 5.75 Å². The topological polar surface area (TPSA) is 96.5 Å². The minimum Gasteiger partial charge on any atom is -0.496 e. The van der Waals surface area contributed by atoms with Crippen LogP contribution in [-0.4, -0.2) is 27.7 Å². The quantitative estimate of drug-likeness (QED) is 0.749.